The van der Waals surface area contributed by atoms with Gasteiger partial charge in [-0.15, -0.1) is 0 Å². The van der Waals surface area contributed by atoms with Gasteiger partial charge in [0.2, 0.25) is 0 Å². The van der Waals surface area contributed by atoms with Crippen LogP contribution in [-0.2, 0) is 0 Å². The molecule has 0 bridgehead atoms. The molecule has 0 aromatic carbocycles. The van der Waals surface area contributed by atoms with Crippen molar-refractivity contribution in [1.29, 1.82) is 0 Å². The number of hydrogen-bond donors (Lipinski definition) is 3. The van der Waals surface area contributed by atoms with Crippen LogP contribution < -0.4 is 10.6 Å². The molecule has 1 aliphatic heterocycles. The summed E-state index contributed by atoms with van der Waals surface area (Å²) < 4.78 is 0. The van der Waals surface area contributed by atoms with E-state index in [0.717, 1.165) is 38.9 Å². The Bertz CT molecular complexity index is 338. The van der Waals surface area contributed by atoms with Crippen LogP contribution in [0.5, 0.6) is 0 Å². The average molecular weight is 311 g/mol. The van der Waals surface area contributed by atoms with Crippen molar-refractivity contribution in [2.75, 3.05) is 32.8 Å². The Kier molecular flexibility index (Phi) is 7.46. The lowest BCUT2D eigenvalue weighted by Crippen LogP contribution is -2.47. The van der Waals surface area contributed by atoms with Crippen molar-refractivity contribution in [3.63, 3.8) is 0 Å². The van der Waals surface area contributed by atoms with Crippen LogP contribution >= 0.6 is 0 Å². The molecular weight excluding hydrogens is 278 g/mol. The summed E-state index contributed by atoms with van der Waals surface area (Å²) in [5.74, 6) is 0.805. The first-order chi connectivity index (χ1) is 10.7. The molecule has 22 heavy (non-hydrogen) atoms. The van der Waals surface area contributed by atoms with Gasteiger partial charge in [-0.3, -0.25) is 0 Å². The van der Waals surface area contributed by atoms with Crippen molar-refractivity contribution in [3.05, 3.63) is 0 Å². The average Bonchev–Trinajstić information content (AvgIpc) is 2.84. The quantitative estimate of drug-likeness (QED) is 0.657. The molecule has 0 aromatic heterocycles. The maximum absolute atomic E-state index is 12.1. The van der Waals surface area contributed by atoms with Gasteiger partial charge in [-0.1, -0.05) is 26.2 Å². The first-order valence-electron chi connectivity index (χ1n) is 9.10. The summed E-state index contributed by atoms with van der Waals surface area (Å²) in [6.07, 6.45) is 7.93. The third-order valence-electron chi connectivity index (χ3n) is 5.17. The number of nitrogens with zero attached hydrogens (tertiary/aromatic N) is 1. The molecule has 1 aliphatic carbocycles. The molecule has 2 rings (SSSR count). The molecule has 3 unspecified atom stereocenters. The van der Waals surface area contributed by atoms with E-state index < -0.39 is 0 Å². The molecule has 5 heteroatoms. The van der Waals surface area contributed by atoms with E-state index in [9.17, 15) is 9.90 Å². The summed E-state index contributed by atoms with van der Waals surface area (Å²) in [6, 6.07) is 0.0759. The van der Waals surface area contributed by atoms with E-state index in [4.69, 9.17) is 0 Å². The molecule has 3 N–H and O–H groups in total. The summed E-state index contributed by atoms with van der Waals surface area (Å²) in [4.78, 5) is 14.6. The Balaban J connectivity index is 1.68. The summed E-state index contributed by atoms with van der Waals surface area (Å²) in [6.45, 7) is 6.60. The Labute approximate surface area is 134 Å². The smallest absolute Gasteiger partial charge is 0.315 e. The van der Waals surface area contributed by atoms with Gasteiger partial charge in [0, 0.05) is 31.7 Å². The zero-order valence-corrected chi connectivity index (χ0v) is 14.0. The van der Waals surface area contributed by atoms with E-state index in [-0.39, 0.29) is 24.6 Å². The van der Waals surface area contributed by atoms with Crippen molar-refractivity contribution in [2.45, 2.75) is 57.9 Å². The molecule has 1 saturated carbocycles. The number of carbonyl (C=O) groups excluding carboxylic acids is 1. The Morgan fingerprint density at radius 3 is 2.82 bits per heavy atom. The molecule has 5 nitrogen and oxygen atoms in total. The lowest BCUT2D eigenvalue weighted by atomic mass is 9.96. The molecule has 2 fully saturated rings. The normalized spacial score (nSPS) is 30.0. The van der Waals surface area contributed by atoms with Gasteiger partial charge < -0.3 is 20.6 Å². The molecule has 128 valence electrons. The Hall–Kier alpha value is -0.810. The zero-order chi connectivity index (χ0) is 15.8. The molecule has 0 radical (unpaired) electrons. The number of carbonyl (C=O) groups is 1. The molecule has 2 aliphatic rings. The van der Waals surface area contributed by atoms with Crippen LogP contribution in [0.2, 0.25) is 0 Å². The zero-order valence-electron chi connectivity index (χ0n) is 14.0. The molecule has 0 aromatic rings. The topological polar surface area (TPSA) is 64.6 Å². The largest absolute Gasteiger partial charge is 0.396 e. The lowest BCUT2D eigenvalue weighted by molar-refractivity contribution is 0.178. The van der Waals surface area contributed by atoms with Gasteiger partial charge in [0.15, 0.2) is 0 Å². The fraction of sp³-hybridized carbons (Fsp3) is 0.941. The number of aliphatic hydroxyl groups excluding tert-OH is 1. The highest BCUT2D eigenvalue weighted by atomic mass is 16.3. The SMILES string of the molecule is CCCN1CCC(CNC(=O)NC2CCCCCC2CO)C1. The highest BCUT2D eigenvalue weighted by Crippen LogP contribution is 2.23. The summed E-state index contributed by atoms with van der Waals surface area (Å²) in [7, 11) is 0. The van der Waals surface area contributed by atoms with E-state index in [1.807, 2.05) is 0 Å². The number of amides is 2. The second kappa shape index (κ2) is 9.36. The second-order valence-electron chi connectivity index (χ2n) is 7.00. The Morgan fingerprint density at radius 1 is 1.23 bits per heavy atom. The van der Waals surface area contributed by atoms with E-state index in [1.54, 1.807) is 0 Å². The van der Waals surface area contributed by atoms with E-state index in [1.165, 1.54) is 32.2 Å². The summed E-state index contributed by atoms with van der Waals surface area (Å²) >= 11 is 0. The van der Waals surface area contributed by atoms with Gasteiger partial charge in [-0.05, 0) is 44.7 Å². The minimum absolute atomic E-state index is 0.0562. The number of likely N-dealkylation sites (tertiary alicyclic amines) is 1. The van der Waals surface area contributed by atoms with E-state index in [2.05, 4.69) is 22.5 Å². The van der Waals surface area contributed by atoms with Crippen LogP contribution in [0.4, 0.5) is 4.79 Å². The number of aliphatic hydroxyl groups is 1. The number of urea groups is 1. The van der Waals surface area contributed by atoms with Crippen LogP contribution in [0.3, 0.4) is 0 Å². The number of rotatable bonds is 6. The van der Waals surface area contributed by atoms with Crippen LogP contribution in [0, 0.1) is 11.8 Å². The molecule has 0 spiro atoms. The van der Waals surface area contributed by atoms with Gasteiger partial charge in [-0.25, -0.2) is 4.79 Å². The third kappa shape index (κ3) is 5.43. The molecule has 1 heterocycles. The predicted molar refractivity (Wildman–Crippen MR) is 88.8 cm³/mol. The summed E-state index contributed by atoms with van der Waals surface area (Å²) in [5.41, 5.74) is 0. The molecule has 3 atom stereocenters. The maximum atomic E-state index is 12.1. The highest BCUT2D eigenvalue weighted by Gasteiger charge is 2.26. The maximum Gasteiger partial charge on any atom is 0.315 e. The van der Waals surface area contributed by atoms with Crippen LogP contribution in [0.1, 0.15) is 51.9 Å². The lowest BCUT2D eigenvalue weighted by Gasteiger charge is -2.25. The van der Waals surface area contributed by atoms with Gasteiger partial charge in [0.25, 0.3) is 0 Å². The second-order valence-corrected chi connectivity index (χ2v) is 7.00. The van der Waals surface area contributed by atoms with E-state index >= 15 is 0 Å². The van der Waals surface area contributed by atoms with Gasteiger partial charge >= 0.3 is 6.03 Å². The molecular formula is C17H33N3O2. The van der Waals surface area contributed by atoms with Crippen LogP contribution in [-0.4, -0.2) is 54.9 Å². The number of nitrogens with one attached hydrogen (secondary N) is 2. The minimum Gasteiger partial charge on any atom is -0.396 e. The van der Waals surface area contributed by atoms with Gasteiger partial charge in [0.05, 0.1) is 0 Å². The third-order valence-corrected chi connectivity index (χ3v) is 5.17. The van der Waals surface area contributed by atoms with Gasteiger partial charge in [0.1, 0.15) is 0 Å². The van der Waals surface area contributed by atoms with Crippen molar-refractivity contribution < 1.29 is 9.90 Å². The molecule has 2 amide bonds. The van der Waals surface area contributed by atoms with Gasteiger partial charge in [-0.2, -0.15) is 0 Å². The van der Waals surface area contributed by atoms with Crippen molar-refractivity contribution in [2.24, 2.45) is 11.8 Å². The first-order valence-corrected chi connectivity index (χ1v) is 9.10. The fourth-order valence-corrected chi connectivity index (χ4v) is 3.85. The molecule has 1 saturated heterocycles. The fourth-order valence-electron chi connectivity index (χ4n) is 3.85. The standard InChI is InChI=1S/C17H33N3O2/c1-2-9-20-10-8-14(12-20)11-18-17(22)19-16-7-5-3-4-6-15(16)13-21/h14-16,21H,2-13H2,1H3,(H2,18,19,22). The Morgan fingerprint density at radius 2 is 2.05 bits per heavy atom. The van der Waals surface area contributed by atoms with Crippen LogP contribution in [0.25, 0.3) is 0 Å². The van der Waals surface area contributed by atoms with Crippen molar-refractivity contribution >= 4 is 6.03 Å². The monoisotopic (exact) mass is 311 g/mol. The summed E-state index contributed by atoms with van der Waals surface area (Å²) in [5, 5.41) is 15.6. The number of hydrogen-bond acceptors (Lipinski definition) is 3. The minimum atomic E-state index is -0.0562. The highest BCUT2D eigenvalue weighted by molar-refractivity contribution is 5.74. The van der Waals surface area contributed by atoms with Crippen molar-refractivity contribution in [3.8, 4) is 0 Å². The van der Waals surface area contributed by atoms with Crippen LogP contribution in [0.15, 0.2) is 0 Å². The van der Waals surface area contributed by atoms with Crippen molar-refractivity contribution in [1.82, 2.24) is 15.5 Å². The predicted octanol–water partition coefficient (Wildman–Crippen LogP) is 1.96. The van der Waals surface area contributed by atoms with E-state index in [0.29, 0.717) is 5.92 Å². The first kappa shape index (κ1) is 17.5.